The largest absolute Gasteiger partial charge is 0.467 e. The number of nitrogens with one attached hydrogen (secondary N) is 2. The van der Waals surface area contributed by atoms with Crippen LogP contribution in [-0.4, -0.2) is 21.9 Å². The lowest BCUT2D eigenvalue weighted by Gasteiger charge is -2.32. The van der Waals surface area contributed by atoms with E-state index in [1.165, 1.54) is 23.7 Å². The predicted molar refractivity (Wildman–Crippen MR) is 92.5 cm³/mol. The highest BCUT2D eigenvalue weighted by atomic mass is 32.1. The number of hydrogen-bond donors (Lipinski definition) is 2. The van der Waals surface area contributed by atoms with Gasteiger partial charge in [0.15, 0.2) is 11.7 Å². The second-order valence-electron chi connectivity index (χ2n) is 6.13. The van der Waals surface area contributed by atoms with Crippen LogP contribution in [0, 0.1) is 0 Å². The zero-order valence-electron chi connectivity index (χ0n) is 13.9. The average Bonchev–Trinajstić information content (AvgIpc) is 3.38. The van der Waals surface area contributed by atoms with Gasteiger partial charge in [-0.1, -0.05) is 6.07 Å². The maximum absolute atomic E-state index is 13.6. The third-order valence-corrected chi connectivity index (χ3v) is 5.19. The fraction of sp³-hybridized carbons (Fsp3) is 0.294. The van der Waals surface area contributed by atoms with Crippen molar-refractivity contribution in [2.75, 3.05) is 5.32 Å². The molecule has 2 N–H and O–H groups in total. The van der Waals surface area contributed by atoms with Crippen molar-refractivity contribution in [3.05, 3.63) is 58.3 Å². The number of halogens is 3. The molecule has 2 atom stereocenters. The molecule has 6 nitrogen and oxygen atoms in total. The van der Waals surface area contributed by atoms with E-state index in [0.29, 0.717) is 12.3 Å². The van der Waals surface area contributed by atoms with E-state index < -0.39 is 24.2 Å². The summed E-state index contributed by atoms with van der Waals surface area (Å²) < 4.78 is 46.8. The molecule has 0 saturated carbocycles. The fourth-order valence-corrected chi connectivity index (χ4v) is 3.68. The Balaban J connectivity index is 1.58. The number of carbonyl (C=O) groups is 1. The molecule has 3 aromatic rings. The van der Waals surface area contributed by atoms with E-state index in [1.54, 1.807) is 12.1 Å². The van der Waals surface area contributed by atoms with Gasteiger partial charge in [-0.3, -0.25) is 4.79 Å². The van der Waals surface area contributed by atoms with Gasteiger partial charge in [-0.05, 0) is 23.6 Å². The Hall–Kier alpha value is -2.75. The molecule has 0 aromatic carbocycles. The lowest BCUT2D eigenvalue weighted by Crippen LogP contribution is -2.35. The van der Waals surface area contributed by atoms with E-state index in [0.717, 1.165) is 9.56 Å². The minimum Gasteiger partial charge on any atom is -0.467 e. The molecule has 0 fully saturated rings. The summed E-state index contributed by atoms with van der Waals surface area (Å²) in [6.07, 6.45) is -3.37. The van der Waals surface area contributed by atoms with Crippen molar-refractivity contribution in [1.82, 2.24) is 15.1 Å². The molecule has 1 amide bonds. The molecule has 4 rings (SSSR count). The highest BCUT2D eigenvalue weighted by molar-refractivity contribution is 7.09. The van der Waals surface area contributed by atoms with Crippen molar-refractivity contribution in [2.45, 2.75) is 31.2 Å². The Morgan fingerprint density at radius 2 is 2.26 bits per heavy atom. The quantitative estimate of drug-likeness (QED) is 0.696. The van der Waals surface area contributed by atoms with Crippen LogP contribution >= 0.6 is 11.3 Å². The van der Waals surface area contributed by atoms with E-state index in [1.807, 2.05) is 17.5 Å². The summed E-state index contributed by atoms with van der Waals surface area (Å²) >= 11 is 1.48. The van der Waals surface area contributed by atoms with Gasteiger partial charge in [0.05, 0.1) is 18.8 Å². The summed E-state index contributed by atoms with van der Waals surface area (Å²) in [4.78, 5) is 13.3. The molecule has 0 spiro atoms. The Bertz CT molecular complexity index is 919. The monoisotopic (exact) mass is 396 g/mol. The molecule has 1 aliphatic heterocycles. The molecule has 3 aromatic heterocycles. The number of rotatable bonds is 4. The van der Waals surface area contributed by atoms with Crippen LogP contribution in [0.25, 0.3) is 0 Å². The van der Waals surface area contributed by atoms with Gasteiger partial charge >= 0.3 is 6.18 Å². The lowest BCUT2D eigenvalue weighted by atomic mass is 10.0. The summed E-state index contributed by atoms with van der Waals surface area (Å²) in [5, 5.41) is 11.4. The molecule has 142 valence electrons. The molecule has 0 aliphatic carbocycles. The third-order valence-electron chi connectivity index (χ3n) is 4.31. The van der Waals surface area contributed by atoms with Gasteiger partial charge in [0.2, 0.25) is 0 Å². The Morgan fingerprint density at radius 1 is 1.41 bits per heavy atom. The number of aromatic nitrogens is 2. The molecule has 0 radical (unpaired) electrons. The first-order valence-electron chi connectivity index (χ1n) is 8.18. The normalized spacial score (nSPS) is 19.4. The van der Waals surface area contributed by atoms with Crippen molar-refractivity contribution in [3.63, 3.8) is 0 Å². The number of carbonyl (C=O) groups excluding carboxylic acids is 1. The number of amides is 1. The SMILES string of the molecule is O=C(NCc1cccs1)c1cc2n(n1)[C@@H](C(F)(F)F)C[C@H](c1ccco1)N2. The number of fused-ring (bicyclic) bond motifs is 1. The van der Waals surface area contributed by atoms with Crippen LogP contribution in [0.2, 0.25) is 0 Å². The van der Waals surface area contributed by atoms with E-state index in [4.69, 9.17) is 4.42 Å². The van der Waals surface area contributed by atoms with E-state index >= 15 is 0 Å². The second-order valence-corrected chi connectivity index (χ2v) is 7.16. The first-order valence-corrected chi connectivity index (χ1v) is 9.06. The topological polar surface area (TPSA) is 72.1 Å². The van der Waals surface area contributed by atoms with Gasteiger partial charge in [-0.2, -0.15) is 18.3 Å². The number of nitrogens with zero attached hydrogens (tertiary/aromatic N) is 2. The summed E-state index contributed by atoms with van der Waals surface area (Å²) in [5.41, 5.74) is -0.0663. The minimum absolute atomic E-state index is 0.0663. The molecule has 0 unspecified atom stereocenters. The third kappa shape index (κ3) is 3.57. The highest BCUT2D eigenvalue weighted by Gasteiger charge is 2.47. The molecule has 4 heterocycles. The van der Waals surface area contributed by atoms with E-state index in [9.17, 15) is 18.0 Å². The fourth-order valence-electron chi connectivity index (χ4n) is 3.03. The molecule has 1 aliphatic rings. The van der Waals surface area contributed by atoms with Crippen LogP contribution in [0.5, 0.6) is 0 Å². The van der Waals surface area contributed by atoms with Gasteiger partial charge in [0, 0.05) is 17.4 Å². The Morgan fingerprint density at radius 3 is 2.93 bits per heavy atom. The zero-order chi connectivity index (χ0) is 19.0. The Labute approximate surface area is 156 Å². The van der Waals surface area contributed by atoms with Crippen molar-refractivity contribution < 1.29 is 22.4 Å². The zero-order valence-corrected chi connectivity index (χ0v) is 14.7. The summed E-state index contributed by atoms with van der Waals surface area (Å²) in [7, 11) is 0. The van der Waals surface area contributed by atoms with Crippen molar-refractivity contribution >= 4 is 23.1 Å². The van der Waals surface area contributed by atoms with Crippen molar-refractivity contribution in [2.24, 2.45) is 0 Å². The van der Waals surface area contributed by atoms with Crippen molar-refractivity contribution in [3.8, 4) is 0 Å². The van der Waals surface area contributed by atoms with Crippen LogP contribution in [0.1, 0.15) is 39.6 Å². The summed E-state index contributed by atoms with van der Waals surface area (Å²) in [6, 6.07) is 5.78. The predicted octanol–water partition coefficient (Wildman–Crippen LogP) is 4.13. The number of anilines is 1. The summed E-state index contributed by atoms with van der Waals surface area (Å²) in [5.74, 6) is 0.00854. The van der Waals surface area contributed by atoms with Gasteiger partial charge in [0.25, 0.3) is 5.91 Å². The van der Waals surface area contributed by atoms with Gasteiger partial charge < -0.3 is 15.1 Å². The molecule has 27 heavy (non-hydrogen) atoms. The van der Waals surface area contributed by atoms with Crippen molar-refractivity contribution in [1.29, 1.82) is 0 Å². The summed E-state index contributed by atoms with van der Waals surface area (Å²) in [6.45, 7) is 0.295. The number of thiophene rings is 1. The smallest absolute Gasteiger partial charge is 0.410 e. The van der Waals surface area contributed by atoms with Gasteiger partial charge in [0.1, 0.15) is 11.6 Å². The Kier molecular flexibility index (Phi) is 4.42. The highest BCUT2D eigenvalue weighted by Crippen LogP contribution is 2.43. The number of hydrogen-bond acceptors (Lipinski definition) is 5. The maximum Gasteiger partial charge on any atom is 0.410 e. The maximum atomic E-state index is 13.6. The number of alkyl halides is 3. The minimum atomic E-state index is -4.50. The van der Waals surface area contributed by atoms with Gasteiger partial charge in [-0.15, -0.1) is 11.3 Å². The standard InChI is InChI=1S/C17H15F3N4O2S/c18-17(19,20)14-7-11(13-4-1-5-26-13)22-15-8-12(23-24(14)15)16(25)21-9-10-3-2-6-27-10/h1-6,8,11,14,22H,7,9H2,(H,21,25)/t11-,14-/m1/s1. The van der Waals surface area contributed by atoms with Crippen LogP contribution in [0.15, 0.2) is 46.4 Å². The molecular formula is C17H15F3N4O2S. The number of furan rings is 1. The molecule has 0 saturated heterocycles. The lowest BCUT2D eigenvalue weighted by molar-refractivity contribution is -0.174. The first-order chi connectivity index (χ1) is 12.9. The van der Waals surface area contributed by atoms with Crippen LogP contribution in [0.3, 0.4) is 0 Å². The van der Waals surface area contributed by atoms with Crippen LogP contribution in [-0.2, 0) is 6.54 Å². The first kappa shape index (κ1) is 17.7. The molecular weight excluding hydrogens is 381 g/mol. The van der Waals surface area contributed by atoms with Crippen LogP contribution < -0.4 is 10.6 Å². The average molecular weight is 396 g/mol. The van der Waals surface area contributed by atoms with Crippen LogP contribution in [0.4, 0.5) is 19.0 Å². The molecule has 10 heteroatoms. The van der Waals surface area contributed by atoms with E-state index in [2.05, 4.69) is 15.7 Å². The van der Waals surface area contributed by atoms with E-state index in [-0.39, 0.29) is 17.9 Å². The molecule has 0 bridgehead atoms. The van der Waals surface area contributed by atoms with Gasteiger partial charge in [-0.25, -0.2) is 4.68 Å². The second kappa shape index (κ2) is 6.76.